The van der Waals surface area contributed by atoms with Crippen LogP contribution < -0.4 is 0 Å². The predicted molar refractivity (Wildman–Crippen MR) is 95.5 cm³/mol. The van der Waals surface area contributed by atoms with Crippen molar-refractivity contribution in [3.8, 4) is 0 Å². The Bertz CT molecular complexity index is 836. The number of nitro groups is 1. The highest BCUT2D eigenvalue weighted by atomic mass is 79.9. The highest BCUT2D eigenvalue weighted by Crippen LogP contribution is 2.32. The zero-order valence-corrected chi connectivity index (χ0v) is 15.2. The Kier molecular flexibility index (Phi) is 5.56. The normalized spacial score (nSPS) is 11.3. The van der Waals surface area contributed by atoms with Crippen LogP contribution in [0, 0.1) is 10.1 Å². The van der Waals surface area contributed by atoms with Crippen molar-refractivity contribution in [2.45, 2.75) is 0 Å². The number of carboxylic acids is 1. The van der Waals surface area contributed by atoms with E-state index < -0.39 is 10.9 Å². The summed E-state index contributed by atoms with van der Waals surface area (Å²) < 4.78 is 1.47. The first kappa shape index (κ1) is 17.7. The summed E-state index contributed by atoms with van der Waals surface area (Å²) in [6.07, 6.45) is 1.37. The molecule has 0 unspecified atom stereocenters. The number of benzene rings is 2. The lowest BCUT2D eigenvalue weighted by Gasteiger charge is -2.06. The van der Waals surface area contributed by atoms with Crippen LogP contribution in [0.3, 0.4) is 0 Å². The number of hydrogen-bond acceptors (Lipinski definition) is 3. The van der Waals surface area contributed by atoms with Gasteiger partial charge in [-0.1, -0.05) is 49.5 Å². The molecule has 0 bridgehead atoms. The molecule has 0 saturated carbocycles. The molecule has 5 nitrogen and oxygen atoms in total. The van der Waals surface area contributed by atoms with E-state index in [-0.39, 0.29) is 21.8 Å². The van der Waals surface area contributed by atoms with Gasteiger partial charge in [0.15, 0.2) is 0 Å². The van der Waals surface area contributed by atoms with E-state index in [1.807, 2.05) is 0 Å². The average molecular weight is 461 g/mol. The molecule has 0 aromatic heterocycles. The van der Waals surface area contributed by atoms with Crippen molar-refractivity contribution in [1.82, 2.24) is 0 Å². The van der Waals surface area contributed by atoms with Gasteiger partial charge in [-0.15, -0.1) is 0 Å². The lowest BCUT2D eigenvalue weighted by Crippen LogP contribution is -2.03. The Hall–Kier alpha value is -1.70. The van der Waals surface area contributed by atoms with Crippen LogP contribution in [0.15, 0.2) is 45.3 Å². The molecule has 0 saturated heterocycles. The molecule has 23 heavy (non-hydrogen) atoms. The Morgan fingerprint density at radius 2 is 1.91 bits per heavy atom. The number of carbonyl (C=O) groups is 1. The second kappa shape index (κ2) is 7.25. The average Bonchev–Trinajstić information content (AvgIpc) is 2.46. The Morgan fingerprint density at radius 1 is 1.22 bits per heavy atom. The second-order valence-electron chi connectivity index (χ2n) is 4.45. The first-order chi connectivity index (χ1) is 10.8. The zero-order chi connectivity index (χ0) is 17.1. The highest BCUT2D eigenvalue weighted by Gasteiger charge is 2.22. The minimum absolute atomic E-state index is 0.0123. The standard InChI is InChI=1S/C15H8Br2ClNO4/c16-9-2-1-8(13(17)6-9)5-12(15(20)21)11-4-3-10(18)7-14(11)19(22)23/h1-7H,(H,20,21)/b12-5+. The van der Waals surface area contributed by atoms with Gasteiger partial charge in [-0.05, 0) is 35.9 Å². The molecule has 118 valence electrons. The lowest BCUT2D eigenvalue weighted by molar-refractivity contribution is -0.385. The summed E-state index contributed by atoms with van der Waals surface area (Å²) in [4.78, 5) is 22.1. The molecule has 2 rings (SSSR count). The van der Waals surface area contributed by atoms with Crippen LogP contribution >= 0.6 is 43.5 Å². The van der Waals surface area contributed by atoms with Gasteiger partial charge in [0.2, 0.25) is 0 Å². The van der Waals surface area contributed by atoms with Crippen molar-refractivity contribution in [1.29, 1.82) is 0 Å². The van der Waals surface area contributed by atoms with E-state index in [2.05, 4.69) is 31.9 Å². The fraction of sp³-hybridized carbons (Fsp3) is 0. The smallest absolute Gasteiger partial charge is 0.336 e. The summed E-state index contributed by atoms with van der Waals surface area (Å²) in [5.41, 5.74) is 0.00680. The predicted octanol–water partition coefficient (Wildman–Crippen LogP) is 5.40. The monoisotopic (exact) mass is 459 g/mol. The number of halogens is 3. The molecule has 0 radical (unpaired) electrons. The summed E-state index contributed by atoms with van der Waals surface area (Å²) in [6.45, 7) is 0. The minimum Gasteiger partial charge on any atom is -0.478 e. The van der Waals surface area contributed by atoms with E-state index in [1.54, 1.807) is 18.2 Å². The van der Waals surface area contributed by atoms with Gasteiger partial charge in [-0.3, -0.25) is 10.1 Å². The molecule has 0 heterocycles. The van der Waals surface area contributed by atoms with Crippen LogP contribution in [0.2, 0.25) is 5.02 Å². The molecule has 2 aromatic carbocycles. The maximum Gasteiger partial charge on any atom is 0.336 e. The number of rotatable bonds is 4. The molecule has 1 N–H and O–H groups in total. The summed E-state index contributed by atoms with van der Waals surface area (Å²) in [7, 11) is 0. The maximum absolute atomic E-state index is 11.6. The molecule has 0 aliphatic rings. The molecule has 8 heteroatoms. The molecule has 0 fully saturated rings. The number of nitro benzene ring substituents is 1. The van der Waals surface area contributed by atoms with Gasteiger partial charge in [-0.2, -0.15) is 0 Å². The van der Waals surface area contributed by atoms with Crippen LogP contribution in [0.4, 0.5) is 5.69 Å². The fourth-order valence-electron chi connectivity index (χ4n) is 1.91. The van der Waals surface area contributed by atoms with Gasteiger partial charge < -0.3 is 5.11 Å². The Morgan fingerprint density at radius 3 is 2.48 bits per heavy atom. The van der Waals surface area contributed by atoms with Gasteiger partial charge >= 0.3 is 5.97 Å². The Labute approximate surface area is 153 Å². The van der Waals surface area contributed by atoms with Crippen molar-refractivity contribution in [3.05, 3.63) is 71.6 Å². The maximum atomic E-state index is 11.6. The summed E-state index contributed by atoms with van der Waals surface area (Å²) in [6, 6.07) is 9.06. The van der Waals surface area contributed by atoms with Crippen molar-refractivity contribution in [2.24, 2.45) is 0 Å². The van der Waals surface area contributed by atoms with Gasteiger partial charge in [0, 0.05) is 20.0 Å². The van der Waals surface area contributed by atoms with E-state index in [4.69, 9.17) is 11.6 Å². The number of carboxylic acid groups (broad SMARTS) is 1. The SMILES string of the molecule is O=C(O)/C(=C/c1ccc(Br)cc1Br)c1ccc(Cl)cc1[N+](=O)[O-]. The van der Waals surface area contributed by atoms with Gasteiger partial charge in [0.1, 0.15) is 0 Å². The first-order valence-electron chi connectivity index (χ1n) is 6.14. The van der Waals surface area contributed by atoms with E-state index in [0.29, 0.717) is 10.0 Å². The van der Waals surface area contributed by atoms with Crippen LogP contribution in [0.25, 0.3) is 11.6 Å². The molecule has 0 aliphatic heterocycles. The van der Waals surface area contributed by atoms with Gasteiger partial charge in [-0.25, -0.2) is 4.79 Å². The number of hydrogen-bond donors (Lipinski definition) is 1. The summed E-state index contributed by atoms with van der Waals surface area (Å²) in [5, 5.41) is 20.8. The summed E-state index contributed by atoms with van der Waals surface area (Å²) >= 11 is 12.4. The van der Waals surface area contributed by atoms with Gasteiger partial charge in [0.25, 0.3) is 5.69 Å². The minimum atomic E-state index is -1.27. The van der Waals surface area contributed by atoms with Crippen LogP contribution in [0.1, 0.15) is 11.1 Å². The van der Waals surface area contributed by atoms with Crippen LogP contribution in [-0.2, 0) is 4.79 Å². The van der Waals surface area contributed by atoms with Crippen molar-refractivity contribution in [3.63, 3.8) is 0 Å². The van der Waals surface area contributed by atoms with E-state index in [9.17, 15) is 20.0 Å². The highest BCUT2D eigenvalue weighted by molar-refractivity contribution is 9.11. The zero-order valence-electron chi connectivity index (χ0n) is 11.3. The fourth-order valence-corrected chi connectivity index (χ4v) is 3.24. The molecular weight excluding hydrogens is 453 g/mol. The molecule has 0 spiro atoms. The van der Waals surface area contributed by atoms with Crippen LogP contribution in [-0.4, -0.2) is 16.0 Å². The third-order valence-electron chi connectivity index (χ3n) is 2.94. The summed E-state index contributed by atoms with van der Waals surface area (Å²) in [5.74, 6) is -1.27. The second-order valence-corrected chi connectivity index (χ2v) is 6.65. The van der Waals surface area contributed by atoms with Gasteiger partial charge in [0.05, 0.1) is 16.1 Å². The van der Waals surface area contributed by atoms with E-state index in [1.165, 1.54) is 18.2 Å². The van der Waals surface area contributed by atoms with Crippen molar-refractivity contribution < 1.29 is 14.8 Å². The van der Waals surface area contributed by atoms with E-state index >= 15 is 0 Å². The molecule has 0 aliphatic carbocycles. The first-order valence-corrected chi connectivity index (χ1v) is 8.10. The molecule has 0 atom stereocenters. The van der Waals surface area contributed by atoms with E-state index in [0.717, 1.165) is 10.5 Å². The quantitative estimate of drug-likeness (QED) is 0.286. The number of aliphatic carboxylic acids is 1. The molecule has 0 amide bonds. The van der Waals surface area contributed by atoms with Crippen molar-refractivity contribution in [2.75, 3.05) is 0 Å². The molecular formula is C15H8Br2ClNO4. The largest absolute Gasteiger partial charge is 0.478 e. The Balaban J connectivity index is 2.66. The molecule has 2 aromatic rings. The third kappa shape index (κ3) is 4.19. The van der Waals surface area contributed by atoms with Crippen molar-refractivity contribution >= 4 is 66.8 Å². The number of nitrogens with zero attached hydrogens (tertiary/aromatic N) is 1. The topological polar surface area (TPSA) is 80.4 Å². The third-order valence-corrected chi connectivity index (χ3v) is 4.35. The van der Waals surface area contributed by atoms with Crippen LogP contribution in [0.5, 0.6) is 0 Å². The lowest BCUT2D eigenvalue weighted by atomic mass is 10.0.